The van der Waals surface area contributed by atoms with Gasteiger partial charge < -0.3 is 20.7 Å². The smallest absolute Gasteiger partial charge is 0.408 e. The summed E-state index contributed by atoms with van der Waals surface area (Å²) >= 11 is 0. The lowest BCUT2D eigenvalue weighted by atomic mass is 9.98. The van der Waals surface area contributed by atoms with Crippen LogP contribution >= 0.6 is 0 Å². The normalized spacial score (nSPS) is 20.4. The molecule has 0 radical (unpaired) electrons. The summed E-state index contributed by atoms with van der Waals surface area (Å²) in [7, 11) is 0. The molecule has 0 aromatic heterocycles. The number of hydrogen-bond acceptors (Lipinski definition) is 6. The maximum atomic E-state index is 14.5. The number of alkyl halides is 2. The Hall–Kier alpha value is -2.75. The maximum Gasteiger partial charge on any atom is 0.408 e. The molecule has 3 atom stereocenters. The molecule has 8 nitrogen and oxygen atoms in total. The van der Waals surface area contributed by atoms with Gasteiger partial charge in [-0.05, 0) is 39.5 Å². The van der Waals surface area contributed by atoms with Gasteiger partial charge in [0.2, 0.25) is 0 Å². The number of carbonyl (C=O) groups excluding carboxylic acids is 2. The molecule has 34 heavy (non-hydrogen) atoms. The second-order valence-corrected chi connectivity index (χ2v) is 9.42. The number of halogens is 2. The van der Waals surface area contributed by atoms with E-state index in [4.69, 9.17) is 10.1 Å². The van der Waals surface area contributed by atoms with Crippen molar-refractivity contribution in [2.24, 2.45) is 5.92 Å². The van der Waals surface area contributed by atoms with Crippen LogP contribution in [0.25, 0.3) is 0 Å². The number of carbonyl (C=O) groups is 2. The van der Waals surface area contributed by atoms with E-state index in [1.165, 1.54) is 6.20 Å². The van der Waals surface area contributed by atoms with Crippen molar-refractivity contribution in [1.29, 1.82) is 5.41 Å². The quantitative estimate of drug-likeness (QED) is 0.204. The Morgan fingerprint density at radius 1 is 1.32 bits per heavy atom. The number of hydrogen-bond donors (Lipinski definition) is 4. The van der Waals surface area contributed by atoms with Crippen molar-refractivity contribution in [2.45, 2.75) is 71.2 Å². The van der Waals surface area contributed by atoms with E-state index in [9.17, 15) is 18.4 Å². The van der Waals surface area contributed by atoms with Crippen LogP contribution in [-0.2, 0) is 9.53 Å². The molecule has 0 spiro atoms. The third kappa shape index (κ3) is 9.62. The summed E-state index contributed by atoms with van der Waals surface area (Å²) in [5.41, 5.74) is -0.0319. The van der Waals surface area contributed by atoms with E-state index in [-0.39, 0.29) is 31.1 Å². The van der Waals surface area contributed by atoms with E-state index < -0.39 is 35.7 Å². The molecule has 0 aromatic carbocycles. The standard InChI is InChI=1S/C24H39F2N5O3/c1-8-17(13-16(4)20(28-10-3)30-21(32)18(27)9-2)14-31-12-11-24(25,26)19(15-31)29-22(33)34-23(5,6)7/h9-10,13,16,19-20,27-28H,2-3,8,11-12,14-15H2,1,4-7H3,(H,29,33)(H,30,32)/b17-13+,27-18?/t16?,19-,20?/m1/s1. The molecule has 2 amide bonds. The van der Waals surface area contributed by atoms with Gasteiger partial charge in [0.15, 0.2) is 0 Å². The van der Waals surface area contributed by atoms with Gasteiger partial charge in [-0.3, -0.25) is 15.1 Å². The maximum absolute atomic E-state index is 14.5. The van der Waals surface area contributed by atoms with Crippen molar-refractivity contribution in [3.8, 4) is 0 Å². The Kier molecular flexibility index (Phi) is 10.9. The first kappa shape index (κ1) is 29.3. The Bertz CT molecular complexity index is 792. The molecule has 1 saturated heterocycles. The fourth-order valence-electron chi connectivity index (χ4n) is 3.51. The Morgan fingerprint density at radius 2 is 1.97 bits per heavy atom. The number of alkyl carbamates (subject to hydrolysis) is 1. The van der Waals surface area contributed by atoms with Gasteiger partial charge in [0, 0.05) is 32.0 Å². The van der Waals surface area contributed by atoms with Crippen molar-refractivity contribution in [1.82, 2.24) is 20.9 Å². The van der Waals surface area contributed by atoms with Crippen LogP contribution < -0.4 is 16.0 Å². The van der Waals surface area contributed by atoms with Crippen LogP contribution in [-0.4, -0.2) is 66.0 Å². The lowest BCUT2D eigenvalue weighted by molar-refractivity contribution is -0.115. The summed E-state index contributed by atoms with van der Waals surface area (Å²) in [6.45, 7) is 16.6. The van der Waals surface area contributed by atoms with Crippen molar-refractivity contribution < 1.29 is 23.1 Å². The van der Waals surface area contributed by atoms with Crippen molar-refractivity contribution in [3.63, 3.8) is 0 Å². The average Bonchev–Trinajstić information content (AvgIpc) is 2.73. The zero-order chi connectivity index (χ0) is 26.1. The topological polar surface area (TPSA) is 107 Å². The summed E-state index contributed by atoms with van der Waals surface area (Å²) in [6.07, 6.45) is 3.52. The van der Waals surface area contributed by atoms with Crippen LogP contribution in [0.1, 0.15) is 47.5 Å². The highest BCUT2D eigenvalue weighted by atomic mass is 19.3. The molecule has 0 bridgehead atoms. The van der Waals surface area contributed by atoms with Gasteiger partial charge in [-0.2, -0.15) is 0 Å². The molecule has 0 aromatic rings. The summed E-state index contributed by atoms with van der Waals surface area (Å²) < 4.78 is 34.1. The number of ether oxygens (including phenoxy) is 1. The van der Waals surface area contributed by atoms with Crippen LogP contribution in [0.3, 0.4) is 0 Å². The van der Waals surface area contributed by atoms with E-state index in [0.29, 0.717) is 13.0 Å². The average molecular weight is 484 g/mol. The molecule has 4 N–H and O–H groups in total. The summed E-state index contributed by atoms with van der Waals surface area (Å²) in [4.78, 5) is 26.0. The highest BCUT2D eigenvalue weighted by molar-refractivity contribution is 6.41. The fraction of sp³-hybridized carbons (Fsp3) is 0.625. The first-order chi connectivity index (χ1) is 15.7. The van der Waals surface area contributed by atoms with E-state index in [1.807, 2.05) is 24.8 Å². The molecule has 1 fully saturated rings. The van der Waals surface area contributed by atoms with Crippen molar-refractivity contribution in [2.75, 3.05) is 19.6 Å². The highest BCUT2D eigenvalue weighted by Crippen LogP contribution is 2.29. The molecule has 0 aliphatic carbocycles. The van der Waals surface area contributed by atoms with E-state index in [2.05, 4.69) is 29.1 Å². The number of likely N-dealkylation sites (tertiary alicyclic amines) is 1. The summed E-state index contributed by atoms with van der Waals surface area (Å²) in [5, 5.41) is 15.6. The lowest BCUT2D eigenvalue weighted by Crippen LogP contribution is -2.59. The van der Waals surface area contributed by atoms with Crippen LogP contribution in [0.15, 0.2) is 37.1 Å². The third-order valence-electron chi connectivity index (χ3n) is 5.34. The number of piperidine rings is 1. The molecular weight excluding hydrogens is 444 g/mol. The van der Waals surface area contributed by atoms with Crippen LogP contribution in [0.5, 0.6) is 0 Å². The van der Waals surface area contributed by atoms with Gasteiger partial charge in [0.25, 0.3) is 11.8 Å². The van der Waals surface area contributed by atoms with Crippen LogP contribution in [0.2, 0.25) is 0 Å². The molecule has 192 valence electrons. The summed E-state index contributed by atoms with van der Waals surface area (Å²) in [6, 6.07) is -1.36. The van der Waals surface area contributed by atoms with E-state index in [1.54, 1.807) is 20.8 Å². The van der Waals surface area contributed by atoms with Gasteiger partial charge in [0.1, 0.15) is 23.5 Å². The predicted octanol–water partition coefficient (Wildman–Crippen LogP) is 3.57. The fourth-order valence-corrected chi connectivity index (χ4v) is 3.51. The minimum atomic E-state index is -3.03. The third-order valence-corrected chi connectivity index (χ3v) is 5.34. The molecule has 2 unspecified atom stereocenters. The Labute approximate surface area is 201 Å². The second kappa shape index (κ2) is 12.6. The first-order valence-electron chi connectivity index (χ1n) is 11.4. The molecule has 10 heteroatoms. The molecule has 0 saturated carbocycles. The number of rotatable bonds is 11. The van der Waals surface area contributed by atoms with Gasteiger partial charge in [-0.1, -0.05) is 38.7 Å². The highest BCUT2D eigenvalue weighted by Gasteiger charge is 2.45. The van der Waals surface area contributed by atoms with E-state index in [0.717, 1.165) is 11.6 Å². The van der Waals surface area contributed by atoms with E-state index >= 15 is 0 Å². The minimum Gasteiger partial charge on any atom is -0.444 e. The van der Waals surface area contributed by atoms with Crippen molar-refractivity contribution >= 4 is 17.7 Å². The van der Waals surface area contributed by atoms with Crippen molar-refractivity contribution in [3.05, 3.63) is 37.1 Å². The van der Waals surface area contributed by atoms with Crippen LogP contribution in [0, 0.1) is 11.3 Å². The van der Waals surface area contributed by atoms with Gasteiger partial charge in [-0.15, -0.1) is 0 Å². The predicted molar refractivity (Wildman–Crippen MR) is 130 cm³/mol. The Balaban J connectivity index is 2.89. The van der Waals surface area contributed by atoms with Gasteiger partial charge in [-0.25, -0.2) is 13.6 Å². The monoisotopic (exact) mass is 483 g/mol. The number of nitrogens with one attached hydrogen (secondary N) is 4. The number of nitrogens with zero attached hydrogens (tertiary/aromatic N) is 1. The summed E-state index contributed by atoms with van der Waals surface area (Å²) in [5.74, 6) is -3.78. The van der Waals surface area contributed by atoms with Gasteiger partial charge >= 0.3 is 6.09 Å². The molecule has 1 rings (SSSR count). The first-order valence-corrected chi connectivity index (χ1v) is 11.4. The minimum absolute atomic E-state index is 0.0144. The van der Waals surface area contributed by atoms with Crippen LogP contribution in [0.4, 0.5) is 13.6 Å². The molecular formula is C24H39F2N5O3. The SMILES string of the molecule is C=CNC(NC(=O)C(=N)C=C)C(C)/C=C(\CC)CN1CCC(F)(F)[C@H](NC(=O)OC(C)(C)C)C1. The largest absolute Gasteiger partial charge is 0.444 e. The molecule has 1 aliphatic rings. The number of amides is 2. The zero-order valence-electron chi connectivity index (χ0n) is 20.8. The van der Waals surface area contributed by atoms with Gasteiger partial charge in [0.05, 0.1) is 0 Å². The zero-order valence-corrected chi connectivity index (χ0v) is 20.8. The molecule has 1 heterocycles. The lowest BCUT2D eigenvalue weighted by Gasteiger charge is -2.39. The molecule has 1 aliphatic heterocycles. The second-order valence-electron chi connectivity index (χ2n) is 9.42. The Morgan fingerprint density at radius 3 is 2.50 bits per heavy atom.